The second-order valence-corrected chi connectivity index (χ2v) is 4.33. The van der Waals surface area contributed by atoms with Gasteiger partial charge < -0.3 is 5.32 Å². The first-order chi connectivity index (χ1) is 9.75. The Morgan fingerprint density at radius 2 is 2.00 bits per heavy atom. The van der Waals surface area contributed by atoms with Crippen LogP contribution in [0.4, 0.5) is 5.69 Å². The summed E-state index contributed by atoms with van der Waals surface area (Å²) in [6.45, 7) is 2.33. The second-order valence-electron chi connectivity index (χ2n) is 4.33. The summed E-state index contributed by atoms with van der Waals surface area (Å²) in [6, 6.07) is 13.1. The van der Waals surface area contributed by atoms with Gasteiger partial charge in [-0.25, -0.2) is 4.98 Å². The first-order valence-electron chi connectivity index (χ1n) is 6.50. The Bertz CT molecular complexity index is 622. The normalized spacial score (nSPS) is 9.45. The number of benzene rings is 1. The molecule has 20 heavy (non-hydrogen) atoms. The van der Waals surface area contributed by atoms with E-state index in [1.807, 2.05) is 42.5 Å². The summed E-state index contributed by atoms with van der Waals surface area (Å²) < 4.78 is 0. The van der Waals surface area contributed by atoms with Crippen molar-refractivity contribution in [2.24, 2.45) is 0 Å². The first-order valence-corrected chi connectivity index (χ1v) is 6.50. The van der Waals surface area contributed by atoms with Crippen molar-refractivity contribution in [2.75, 3.05) is 11.9 Å². The molecule has 0 saturated heterocycles. The van der Waals surface area contributed by atoms with Crippen LogP contribution in [0.1, 0.15) is 29.4 Å². The first kappa shape index (κ1) is 13.8. The third-order valence-electron chi connectivity index (χ3n) is 2.75. The Hall–Kier alpha value is -2.60. The largest absolute Gasteiger partial charge is 0.384 e. The van der Waals surface area contributed by atoms with Crippen molar-refractivity contribution in [2.45, 2.75) is 13.3 Å². The van der Waals surface area contributed by atoms with E-state index in [1.54, 1.807) is 13.1 Å². The van der Waals surface area contributed by atoms with Crippen LogP contribution in [-0.4, -0.2) is 17.3 Å². The van der Waals surface area contributed by atoms with Gasteiger partial charge in [-0.15, -0.1) is 0 Å². The molecule has 0 aliphatic heterocycles. The predicted molar refractivity (Wildman–Crippen MR) is 80.7 cm³/mol. The van der Waals surface area contributed by atoms with E-state index in [1.165, 1.54) is 0 Å². The minimum atomic E-state index is 0.0813. The molecule has 3 nitrogen and oxygen atoms in total. The Labute approximate surface area is 119 Å². The molecule has 0 aliphatic carbocycles. The molecule has 0 aliphatic rings. The molecule has 2 rings (SSSR count). The third-order valence-corrected chi connectivity index (χ3v) is 2.75. The number of carbonyl (C=O) groups excluding carboxylic acids is 1. The predicted octanol–water partition coefficient (Wildman–Crippen LogP) is 3.14. The van der Waals surface area contributed by atoms with Crippen molar-refractivity contribution in [1.29, 1.82) is 0 Å². The lowest BCUT2D eigenvalue weighted by atomic mass is 10.1. The minimum Gasteiger partial charge on any atom is -0.384 e. The zero-order valence-electron chi connectivity index (χ0n) is 11.4. The van der Waals surface area contributed by atoms with Crippen molar-refractivity contribution in [1.82, 2.24) is 4.98 Å². The van der Waals surface area contributed by atoms with Gasteiger partial charge in [0.25, 0.3) is 0 Å². The fourth-order valence-electron chi connectivity index (χ4n) is 1.68. The highest BCUT2D eigenvalue weighted by Gasteiger charge is 1.97. The molecule has 0 fully saturated rings. The number of Topliss-reactive ketones (excluding diaryl/α,β-unsaturated/α-hetero) is 1. The zero-order valence-corrected chi connectivity index (χ0v) is 11.4. The van der Waals surface area contributed by atoms with Gasteiger partial charge in [0.2, 0.25) is 0 Å². The van der Waals surface area contributed by atoms with Crippen LogP contribution in [0.15, 0.2) is 48.7 Å². The number of hydrogen-bond donors (Lipinski definition) is 1. The van der Waals surface area contributed by atoms with E-state index in [4.69, 9.17) is 0 Å². The van der Waals surface area contributed by atoms with Crippen LogP contribution in [-0.2, 0) is 0 Å². The topological polar surface area (TPSA) is 42.0 Å². The van der Waals surface area contributed by atoms with E-state index in [2.05, 4.69) is 22.1 Å². The van der Waals surface area contributed by atoms with E-state index < -0.39 is 0 Å². The maximum absolute atomic E-state index is 11.1. The van der Waals surface area contributed by atoms with Crippen molar-refractivity contribution in [3.8, 4) is 11.8 Å². The Balaban J connectivity index is 1.79. The molecule has 0 amide bonds. The average molecular weight is 264 g/mol. The lowest BCUT2D eigenvalue weighted by Gasteiger charge is -2.04. The highest BCUT2D eigenvalue weighted by molar-refractivity contribution is 5.94. The van der Waals surface area contributed by atoms with E-state index in [0.717, 1.165) is 29.9 Å². The van der Waals surface area contributed by atoms with Crippen LogP contribution in [0.25, 0.3) is 0 Å². The highest BCUT2D eigenvalue weighted by Crippen LogP contribution is 2.09. The van der Waals surface area contributed by atoms with Crippen LogP contribution < -0.4 is 5.32 Å². The van der Waals surface area contributed by atoms with Crippen molar-refractivity contribution >= 4 is 11.5 Å². The molecule has 1 aromatic carbocycles. The standard InChI is InChI=1S/C17H16N2O/c1-14(20)15-8-10-17(11-9-15)19-13-5-3-7-16-6-2-4-12-18-16/h2,4,6,8-12,19H,5,13H2,1H3. The number of rotatable bonds is 4. The number of carbonyl (C=O) groups is 1. The van der Waals surface area contributed by atoms with Gasteiger partial charge >= 0.3 is 0 Å². The Morgan fingerprint density at radius 3 is 2.65 bits per heavy atom. The maximum atomic E-state index is 11.1. The molecule has 1 heterocycles. The fourth-order valence-corrected chi connectivity index (χ4v) is 1.68. The molecular weight excluding hydrogens is 248 g/mol. The third kappa shape index (κ3) is 4.25. The van der Waals surface area contributed by atoms with Gasteiger partial charge in [0.15, 0.2) is 5.78 Å². The van der Waals surface area contributed by atoms with Crippen molar-refractivity contribution in [3.63, 3.8) is 0 Å². The summed E-state index contributed by atoms with van der Waals surface area (Å²) in [4.78, 5) is 15.3. The van der Waals surface area contributed by atoms with Gasteiger partial charge in [-0.2, -0.15) is 0 Å². The van der Waals surface area contributed by atoms with E-state index >= 15 is 0 Å². The van der Waals surface area contributed by atoms with Crippen LogP contribution in [0.3, 0.4) is 0 Å². The molecule has 0 saturated carbocycles. The summed E-state index contributed by atoms with van der Waals surface area (Å²) in [7, 11) is 0. The zero-order chi connectivity index (χ0) is 14.2. The number of anilines is 1. The van der Waals surface area contributed by atoms with Gasteiger partial charge in [0.1, 0.15) is 5.69 Å². The van der Waals surface area contributed by atoms with Crippen LogP contribution in [0.5, 0.6) is 0 Å². The fraction of sp³-hybridized carbons (Fsp3) is 0.176. The summed E-state index contributed by atoms with van der Waals surface area (Å²) in [5, 5.41) is 3.26. The van der Waals surface area contributed by atoms with Gasteiger partial charge in [0, 0.05) is 30.4 Å². The van der Waals surface area contributed by atoms with Gasteiger partial charge in [0.05, 0.1) is 0 Å². The van der Waals surface area contributed by atoms with E-state index in [-0.39, 0.29) is 5.78 Å². The van der Waals surface area contributed by atoms with Crippen LogP contribution in [0, 0.1) is 11.8 Å². The number of hydrogen-bond acceptors (Lipinski definition) is 3. The second kappa shape index (κ2) is 7.10. The van der Waals surface area contributed by atoms with Gasteiger partial charge in [-0.1, -0.05) is 12.0 Å². The van der Waals surface area contributed by atoms with E-state index in [0.29, 0.717) is 0 Å². The molecule has 1 N–H and O–H groups in total. The SMILES string of the molecule is CC(=O)c1ccc(NCCC#Cc2ccccn2)cc1. The van der Waals surface area contributed by atoms with Crippen molar-refractivity contribution < 1.29 is 4.79 Å². The summed E-state index contributed by atoms with van der Waals surface area (Å²) >= 11 is 0. The molecule has 0 spiro atoms. The minimum absolute atomic E-state index is 0.0813. The molecule has 0 radical (unpaired) electrons. The quantitative estimate of drug-likeness (QED) is 0.524. The highest BCUT2D eigenvalue weighted by atomic mass is 16.1. The lowest BCUT2D eigenvalue weighted by molar-refractivity contribution is 0.101. The molecule has 0 atom stereocenters. The Morgan fingerprint density at radius 1 is 1.20 bits per heavy atom. The van der Waals surface area contributed by atoms with E-state index in [9.17, 15) is 4.79 Å². The number of nitrogens with zero attached hydrogens (tertiary/aromatic N) is 1. The molecule has 0 bridgehead atoms. The lowest BCUT2D eigenvalue weighted by Crippen LogP contribution is -2.01. The monoisotopic (exact) mass is 264 g/mol. The average Bonchev–Trinajstić information content (AvgIpc) is 2.48. The number of pyridine rings is 1. The molecule has 1 aromatic heterocycles. The van der Waals surface area contributed by atoms with Gasteiger partial charge in [-0.3, -0.25) is 4.79 Å². The Kier molecular flexibility index (Phi) is 4.91. The van der Waals surface area contributed by atoms with Crippen LogP contribution in [0.2, 0.25) is 0 Å². The van der Waals surface area contributed by atoms with Gasteiger partial charge in [-0.05, 0) is 49.2 Å². The van der Waals surface area contributed by atoms with Crippen molar-refractivity contribution in [3.05, 3.63) is 59.9 Å². The number of aromatic nitrogens is 1. The smallest absolute Gasteiger partial charge is 0.159 e. The molecule has 3 heteroatoms. The number of nitrogens with one attached hydrogen (secondary N) is 1. The number of ketones is 1. The maximum Gasteiger partial charge on any atom is 0.159 e. The molecule has 0 unspecified atom stereocenters. The summed E-state index contributed by atoms with van der Waals surface area (Å²) in [6.07, 6.45) is 2.48. The molecule has 2 aromatic rings. The summed E-state index contributed by atoms with van der Waals surface area (Å²) in [5.41, 5.74) is 2.51. The van der Waals surface area contributed by atoms with Crippen LogP contribution >= 0.6 is 0 Å². The molecular formula is C17H16N2O. The molecule has 100 valence electrons. The summed E-state index contributed by atoms with van der Waals surface area (Å²) in [5.74, 6) is 6.16.